The summed E-state index contributed by atoms with van der Waals surface area (Å²) >= 11 is 5.08. The van der Waals surface area contributed by atoms with Gasteiger partial charge in [0.25, 0.3) is 0 Å². The fourth-order valence-electron chi connectivity index (χ4n) is 2.24. The smallest absolute Gasteiger partial charge is 0.187 e. The minimum Gasteiger partial charge on any atom is -0.463 e. The number of nitrogens with zero attached hydrogens (tertiary/aromatic N) is 2. The van der Waals surface area contributed by atoms with Gasteiger partial charge >= 0.3 is 0 Å². The summed E-state index contributed by atoms with van der Waals surface area (Å²) in [5.41, 5.74) is 7.77. The Labute approximate surface area is 116 Å². The summed E-state index contributed by atoms with van der Waals surface area (Å²) in [5.74, 6) is 0.764. The van der Waals surface area contributed by atoms with Crippen LogP contribution in [0.3, 0.4) is 0 Å². The van der Waals surface area contributed by atoms with E-state index in [4.69, 9.17) is 22.4 Å². The number of hydrogen-bond acceptors (Lipinski definition) is 3. The largest absolute Gasteiger partial charge is 0.463 e. The molecule has 1 atom stereocenters. The zero-order valence-corrected chi connectivity index (χ0v) is 11.0. The molecule has 0 fully saturated rings. The first-order chi connectivity index (χ1) is 9.25. The van der Waals surface area contributed by atoms with Gasteiger partial charge in [-0.05, 0) is 29.9 Å². The van der Waals surface area contributed by atoms with Crippen LogP contribution in [0.2, 0.25) is 0 Å². The summed E-state index contributed by atoms with van der Waals surface area (Å²) in [6.07, 6.45) is 2.37. The predicted molar refractivity (Wildman–Crippen MR) is 77.7 cm³/mol. The highest BCUT2D eigenvalue weighted by molar-refractivity contribution is 7.80. The maximum absolute atomic E-state index is 5.76. The molecule has 0 aliphatic carbocycles. The molecule has 2 aromatic rings. The molecular formula is C14H13N3OS. The summed E-state index contributed by atoms with van der Waals surface area (Å²) in [6.45, 7) is 0. The highest BCUT2D eigenvalue weighted by Gasteiger charge is 2.31. The number of benzene rings is 1. The van der Waals surface area contributed by atoms with Gasteiger partial charge in [-0.2, -0.15) is 5.10 Å². The van der Waals surface area contributed by atoms with Crippen LogP contribution in [-0.4, -0.2) is 15.8 Å². The molecule has 4 nitrogen and oxygen atoms in total. The SMILES string of the molecule is NC(=S)N1N=C(c2ccco2)C[C@H]1c1ccccc1. The Kier molecular flexibility index (Phi) is 3.05. The van der Waals surface area contributed by atoms with Crippen LogP contribution in [0.25, 0.3) is 0 Å². The van der Waals surface area contributed by atoms with Gasteiger partial charge in [-0.3, -0.25) is 0 Å². The maximum atomic E-state index is 5.76. The van der Waals surface area contributed by atoms with Crippen molar-refractivity contribution in [3.8, 4) is 0 Å². The first kappa shape index (κ1) is 11.9. The lowest BCUT2D eigenvalue weighted by Crippen LogP contribution is -2.31. The van der Waals surface area contributed by atoms with Crippen LogP contribution in [0.1, 0.15) is 23.8 Å². The number of thiocarbonyl (C=S) groups is 1. The Bertz CT molecular complexity index is 607. The van der Waals surface area contributed by atoms with E-state index in [1.54, 1.807) is 11.3 Å². The molecule has 2 N–H and O–H groups in total. The van der Waals surface area contributed by atoms with Crippen LogP contribution in [0.4, 0.5) is 0 Å². The Balaban J connectivity index is 1.94. The molecule has 0 saturated carbocycles. The highest BCUT2D eigenvalue weighted by Crippen LogP contribution is 2.32. The average Bonchev–Trinajstić information content (AvgIpc) is 3.08. The number of nitrogens with two attached hydrogens (primary N) is 1. The van der Waals surface area contributed by atoms with E-state index in [1.165, 1.54) is 0 Å². The van der Waals surface area contributed by atoms with E-state index in [2.05, 4.69) is 17.2 Å². The Morgan fingerprint density at radius 3 is 2.68 bits per heavy atom. The first-order valence-corrected chi connectivity index (χ1v) is 6.41. The maximum Gasteiger partial charge on any atom is 0.187 e. The fraction of sp³-hybridized carbons (Fsp3) is 0.143. The zero-order chi connectivity index (χ0) is 13.2. The molecule has 0 bridgehead atoms. The molecule has 0 radical (unpaired) electrons. The van der Waals surface area contributed by atoms with Crippen molar-refractivity contribution in [2.45, 2.75) is 12.5 Å². The van der Waals surface area contributed by atoms with Gasteiger partial charge in [-0.25, -0.2) is 5.01 Å². The summed E-state index contributed by atoms with van der Waals surface area (Å²) in [4.78, 5) is 0. The van der Waals surface area contributed by atoms with Crippen molar-refractivity contribution in [3.05, 3.63) is 60.1 Å². The molecule has 0 spiro atoms. The van der Waals surface area contributed by atoms with Crippen LogP contribution >= 0.6 is 12.2 Å². The van der Waals surface area contributed by atoms with Crippen LogP contribution in [0.15, 0.2) is 58.2 Å². The molecule has 1 aliphatic heterocycles. The van der Waals surface area contributed by atoms with Crippen molar-refractivity contribution in [1.82, 2.24) is 5.01 Å². The van der Waals surface area contributed by atoms with Crippen LogP contribution in [0, 0.1) is 0 Å². The highest BCUT2D eigenvalue weighted by atomic mass is 32.1. The normalized spacial score (nSPS) is 18.4. The third-order valence-electron chi connectivity index (χ3n) is 3.13. The summed E-state index contributed by atoms with van der Waals surface area (Å²) < 4.78 is 5.39. The molecule has 96 valence electrons. The van der Waals surface area contributed by atoms with E-state index in [-0.39, 0.29) is 11.2 Å². The van der Waals surface area contributed by atoms with Gasteiger partial charge in [-0.1, -0.05) is 30.3 Å². The Hall–Kier alpha value is -2.14. The fourth-order valence-corrected chi connectivity index (χ4v) is 2.41. The monoisotopic (exact) mass is 271 g/mol. The number of rotatable bonds is 2. The van der Waals surface area contributed by atoms with Gasteiger partial charge in [-0.15, -0.1) is 0 Å². The molecule has 3 rings (SSSR count). The summed E-state index contributed by atoms with van der Waals surface area (Å²) in [7, 11) is 0. The van der Waals surface area contributed by atoms with E-state index in [1.807, 2.05) is 30.3 Å². The molecule has 1 aliphatic rings. The zero-order valence-electron chi connectivity index (χ0n) is 10.2. The molecule has 0 amide bonds. The molecule has 1 aromatic carbocycles. The summed E-state index contributed by atoms with van der Waals surface area (Å²) in [5, 5.41) is 6.43. The quantitative estimate of drug-likeness (QED) is 0.853. The van der Waals surface area contributed by atoms with Gasteiger partial charge in [0, 0.05) is 6.42 Å². The third kappa shape index (κ3) is 2.24. The van der Waals surface area contributed by atoms with Gasteiger partial charge in [0.2, 0.25) is 0 Å². The van der Waals surface area contributed by atoms with Crippen molar-refractivity contribution < 1.29 is 4.42 Å². The Morgan fingerprint density at radius 2 is 2.05 bits per heavy atom. The van der Waals surface area contributed by atoms with Crippen molar-refractivity contribution in [2.24, 2.45) is 10.8 Å². The lowest BCUT2D eigenvalue weighted by atomic mass is 10.0. The Morgan fingerprint density at radius 1 is 1.26 bits per heavy atom. The van der Waals surface area contributed by atoms with E-state index in [0.717, 1.165) is 23.5 Å². The number of hydrogen-bond donors (Lipinski definition) is 1. The molecule has 1 aromatic heterocycles. The second-order valence-corrected chi connectivity index (χ2v) is 4.76. The molecule has 19 heavy (non-hydrogen) atoms. The molecule has 0 unspecified atom stereocenters. The minimum atomic E-state index is 0.0406. The molecule has 0 saturated heterocycles. The van der Waals surface area contributed by atoms with Crippen LogP contribution in [-0.2, 0) is 0 Å². The van der Waals surface area contributed by atoms with E-state index < -0.39 is 0 Å². The minimum absolute atomic E-state index is 0.0406. The first-order valence-electron chi connectivity index (χ1n) is 6.00. The second kappa shape index (κ2) is 4.85. The van der Waals surface area contributed by atoms with Crippen molar-refractivity contribution >= 4 is 23.0 Å². The summed E-state index contributed by atoms with van der Waals surface area (Å²) in [6, 6.07) is 13.9. The topological polar surface area (TPSA) is 54.8 Å². The van der Waals surface area contributed by atoms with Crippen molar-refractivity contribution in [3.63, 3.8) is 0 Å². The van der Waals surface area contributed by atoms with Gasteiger partial charge < -0.3 is 10.2 Å². The van der Waals surface area contributed by atoms with E-state index in [0.29, 0.717) is 0 Å². The third-order valence-corrected chi connectivity index (χ3v) is 3.31. The van der Waals surface area contributed by atoms with Gasteiger partial charge in [0.1, 0.15) is 11.5 Å². The van der Waals surface area contributed by atoms with E-state index >= 15 is 0 Å². The van der Waals surface area contributed by atoms with Gasteiger partial charge in [0.05, 0.1) is 12.3 Å². The van der Waals surface area contributed by atoms with Crippen LogP contribution < -0.4 is 5.73 Å². The standard InChI is InChI=1S/C14H13N3OS/c15-14(19)17-12(10-5-2-1-3-6-10)9-11(16-17)13-7-4-8-18-13/h1-8,12H,9H2,(H2,15,19)/t12-/m0/s1. The number of furan rings is 1. The molecular weight excluding hydrogens is 258 g/mol. The average molecular weight is 271 g/mol. The number of hydrazone groups is 1. The van der Waals surface area contributed by atoms with Crippen molar-refractivity contribution in [2.75, 3.05) is 0 Å². The predicted octanol–water partition coefficient (Wildman–Crippen LogP) is 2.67. The van der Waals surface area contributed by atoms with E-state index in [9.17, 15) is 0 Å². The van der Waals surface area contributed by atoms with Crippen LogP contribution in [0.5, 0.6) is 0 Å². The molecule has 2 heterocycles. The second-order valence-electron chi connectivity index (χ2n) is 4.34. The van der Waals surface area contributed by atoms with Gasteiger partial charge in [0.15, 0.2) is 5.11 Å². The van der Waals surface area contributed by atoms with Crippen molar-refractivity contribution in [1.29, 1.82) is 0 Å². The lowest BCUT2D eigenvalue weighted by molar-refractivity contribution is 0.373. The lowest BCUT2D eigenvalue weighted by Gasteiger charge is -2.21. The molecule has 5 heteroatoms.